The van der Waals surface area contributed by atoms with Crippen molar-refractivity contribution in [1.82, 2.24) is 20.3 Å². The molecule has 1 aromatic rings. The number of furan rings is 1. The van der Waals surface area contributed by atoms with Crippen molar-refractivity contribution in [2.45, 2.75) is 18.8 Å². The van der Waals surface area contributed by atoms with Crippen LogP contribution in [-0.2, 0) is 16.6 Å². The summed E-state index contributed by atoms with van der Waals surface area (Å²) in [5.41, 5.74) is 0. The Morgan fingerprint density at radius 3 is 2.52 bits per heavy atom. The second-order valence-electron chi connectivity index (χ2n) is 5.91. The number of rotatable bonds is 7. The van der Waals surface area contributed by atoms with E-state index in [0.29, 0.717) is 13.1 Å². The van der Waals surface area contributed by atoms with Gasteiger partial charge >= 0.3 is 6.18 Å². The van der Waals surface area contributed by atoms with Crippen molar-refractivity contribution >= 4 is 28.3 Å². The van der Waals surface area contributed by atoms with Crippen LogP contribution in [0, 0.1) is 0 Å². The van der Waals surface area contributed by atoms with Crippen molar-refractivity contribution in [3.8, 4) is 0 Å². The van der Waals surface area contributed by atoms with Gasteiger partial charge in [0.25, 0.3) is 5.91 Å². The summed E-state index contributed by atoms with van der Waals surface area (Å²) in [6, 6.07) is 0.877. The molecule has 0 radical (unpaired) electrons. The number of halogens is 4. The van der Waals surface area contributed by atoms with Crippen LogP contribution < -0.4 is 15.4 Å². The molecule has 156 valence electrons. The summed E-state index contributed by atoms with van der Waals surface area (Å²) >= 11 is 0. The molecular formula is C14H22ClF3N4O4S. The van der Waals surface area contributed by atoms with Crippen molar-refractivity contribution in [2.24, 2.45) is 0 Å². The van der Waals surface area contributed by atoms with E-state index in [1.807, 2.05) is 0 Å². The molecule has 0 spiro atoms. The van der Waals surface area contributed by atoms with E-state index in [4.69, 9.17) is 4.42 Å². The molecule has 1 aliphatic heterocycles. The number of sulfonamides is 1. The topological polar surface area (TPSA) is 104 Å². The van der Waals surface area contributed by atoms with Crippen molar-refractivity contribution in [2.75, 3.05) is 39.0 Å². The minimum absolute atomic E-state index is 0. The van der Waals surface area contributed by atoms with Crippen molar-refractivity contribution in [3.05, 3.63) is 23.7 Å². The number of carbonyl (C=O) groups excluding carboxylic acids is 1. The minimum atomic E-state index is -4.47. The molecule has 13 heteroatoms. The van der Waals surface area contributed by atoms with Gasteiger partial charge in [0.1, 0.15) is 11.8 Å². The average Bonchev–Trinajstić information content (AvgIpc) is 3.01. The quantitative estimate of drug-likeness (QED) is 0.571. The Hall–Kier alpha value is -1.34. The van der Waals surface area contributed by atoms with E-state index in [9.17, 15) is 26.4 Å². The van der Waals surface area contributed by atoms with Gasteiger partial charge < -0.3 is 15.1 Å². The average molecular weight is 435 g/mol. The van der Waals surface area contributed by atoms with Crippen LogP contribution >= 0.6 is 12.4 Å². The maximum absolute atomic E-state index is 13.3. The minimum Gasteiger partial charge on any atom is -0.455 e. The lowest BCUT2D eigenvalue weighted by Crippen LogP contribution is -2.57. The highest BCUT2D eigenvalue weighted by molar-refractivity contribution is 7.88. The van der Waals surface area contributed by atoms with Crippen LogP contribution in [0.3, 0.4) is 0 Å². The largest absolute Gasteiger partial charge is 0.455 e. The summed E-state index contributed by atoms with van der Waals surface area (Å²) in [5.74, 6) is -0.799. The molecule has 1 atom stereocenters. The maximum atomic E-state index is 13.3. The first kappa shape index (κ1) is 23.7. The Kier molecular flexibility index (Phi) is 8.54. The van der Waals surface area contributed by atoms with E-state index in [1.165, 1.54) is 17.0 Å². The predicted octanol–water partition coefficient (Wildman–Crippen LogP) is 0.317. The van der Waals surface area contributed by atoms with Crippen LogP contribution in [0.1, 0.15) is 16.3 Å². The first-order chi connectivity index (χ1) is 12.1. The zero-order valence-electron chi connectivity index (χ0n) is 14.5. The van der Waals surface area contributed by atoms with Crippen molar-refractivity contribution in [3.63, 3.8) is 0 Å². The fourth-order valence-electron chi connectivity index (χ4n) is 2.52. The Balaban J connectivity index is 0.00000364. The zero-order chi connectivity index (χ0) is 19.4. The molecule has 1 amide bonds. The summed E-state index contributed by atoms with van der Waals surface area (Å²) in [6.45, 7) is 0.632. The Morgan fingerprint density at radius 2 is 1.96 bits per heavy atom. The van der Waals surface area contributed by atoms with Crippen LogP contribution in [0.4, 0.5) is 13.2 Å². The molecule has 1 aromatic heterocycles. The number of alkyl halides is 3. The summed E-state index contributed by atoms with van der Waals surface area (Å²) < 4.78 is 69.2. The third-order valence-electron chi connectivity index (χ3n) is 3.82. The Morgan fingerprint density at radius 1 is 1.33 bits per heavy atom. The molecule has 27 heavy (non-hydrogen) atoms. The summed E-state index contributed by atoms with van der Waals surface area (Å²) in [4.78, 5) is 13.3. The van der Waals surface area contributed by atoms with Crippen LogP contribution in [0.5, 0.6) is 0 Å². The van der Waals surface area contributed by atoms with Crippen LogP contribution in [0.2, 0.25) is 0 Å². The number of nitrogens with zero attached hydrogens (tertiary/aromatic N) is 1. The first-order valence-corrected chi connectivity index (χ1v) is 9.78. The summed E-state index contributed by atoms with van der Waals surface area (Å²) in [6.07, 6.45) is -3.50. The maximum Gasteiger partial charge on any atom is 0.405 e. The van der Waals surface area contributed by atoms with Crippen molar-refractivity contribution in [1.29, 1.82) is 0 Å². The van der Waals surface area contributed by atoms with E-state index in [1.54, 1.807) is 0 Å². The highest BCUT2D eigenvalue weighted by Crippen LogP contribution is 2.25. The molecule has 8 nitrogen and oxygen atoms in total. The van der Waals surface area contributed by atoms with Gasteiger partial charge in [-0.15, -0.1) is 12.4 Å². The van der Waals surface area contributed by atoms with Gasteiger partial charge in [0.15, 0.2) is 5.76 Å². The number of hydrogen-bond donors (Lipinski definition) is 3. The van der Waals surface area contributed by atoms with Gasteiger partial charge in [-0.05, 0) is 12.1 Å². The van der Waals surface area contributed by atoms with E-state index in [-0.39, 0.29) is 43.6 Å². The van der Waals surface area contributed by atoms with Crippen LogP contribution in [0.25, 0.3) is 0 Å². The fraction of sp³-hybridized carbons (Fsp3) is 0.643. The SMILES string of the molecule is CS(=O)(=O)NCc1ccc(C(=O)NCC(N2CCNCC2)C(F)(F)F)o1.Cl. The lowest BCUT2D eigenvalue weighted by Gasteiger charge is -2.35. The first-order valence-electron chi connectivity index (χ1n) is 7.89. The lowest BCUT2D eigenvalue weighted by atomic mass is 10.2. The van der Waals surface area contributed by atoms with E-state index < -0.39 is 34.7 Å². The molecule has 0 aliphatic carbocycles. The molecule has 0 bridgehead atoms. The number of nitrogens with one attached hydrogen (secondary N) is 3. The van der Waals surface area contributed by atoms with Gasteiger partial charge in [-0.3, -0.25) is 9.69 Å². The van der Waals surface area contributed by atoms with Gasteiger partial charge in [0.05, 0.1) is 12.8 Å². The summed E-state index contributed by atoms with van der Waals surface area (Å²) in [5, 5.41) is 5.21. The third kappa shape index (κ3) is 7.66. The molecule has 1 saturated heterocycles. The van der Waals surface area contributed by atoms with E-state index >= 15 is 0 Å². The molecular weight excluding hydrogens is 413 g/mol. The second kappa shape index (κ2) is 9.73. The van der Waals surface area contributed by atoms with E-state index in [0.717, 1.165) is 6.26 Å². The molecule has 0 aromatic carbocycles. The van der Waals surface area contributed by atoms with Gasteiger partial charge in [-0.2, -0.15) is 13.2 Å². The van der Waals surface area contributed by atoms with Gasteiger partial charge in [0.2, 0.25) is 10.0 Å². The van der Waals surface area contributed by atoms with Crippen LogP contribution in [-0.4, -0.2) is 70.4 Å². The normalized spacial score (nSPS) is 17.2. The molecule has 2 rings (SSSR count). The van der Waals surface area contributed by atoms with Crippen molar-refractivity contribution < 1.29 is 30.8 Å². The zero-order valence-corrected chi connectivity index (χ0v) is 16.1. The predicted molar refractivity (Wildman–Crippen MR) is 94.3 cm³/mol. The fourth-order valence-corrected chi connectivity index (χ4v) is 2.92. The Bertz CT molecular complexity index is 720. The summed E-state index contributed by atoms with van der Waals surface area (Å²) in [7, 11) is -3.43. The molecule has 3 N–H and O–H groups in total. The molecule has 1 aliphatic rings. The smallest absolute Gasteiger partial charge is 0.405 e. The second-order valence-corrected chi connectivity index (χ2v) is 7.75. The molecule has 0 saturated carbocycles. The standard InChI is InChI=1S/C14H21F3N4O4S.ClH/c1-26(23,24)20-8-10-2-3-11(25-10)13(22)19-9-12(14(15,16)17)21-6-4-18-5-7-21;/h2-3,12,18,20H,4-9H2,1H3,(H,19,22);1H. The van der Waals surface area contributed by atoms with Gasteiger partial charge in [-0.25, -0.2) is 13.1 Å². The Labute approximate surface area is 161 Å². The van der Waals surface area contributed by atoms with Crippen LogP contribution in [0.15, 0.2) is 16.5 Å². The number of piperazine rings is 1. The lowest BCUT2D eigenvalue weighted by molar-refractivity contribution is -0.183. The molecule has 2 heterocycles. The number of hydrogen-bond acceptors (Lipinski definition) is 6. The highest BCUT2D eigenvalue weighted by Gasteiger charge is 2.43. The third-order valence-corrected chi connectivity index (χ3v) is 4.49. The van der Waals surface area contributed by atoms with E-state index in [2.05, 4.69) is 15.4 Å². The van der Waals surface area contributed by atoms with Gasteiger partial charge in [-0.1, -0.05) is 0 Å². The highest BCUT2D eigenvalue weighted by atomic mass is 35.5. The molecule has 1 fully saturated rings. The van der Waals surface area contributed by atoms with Gasteiger partial charge in [0, 0.05) is 32.7 Å². The molecule has 1 unspecified atom stereocenters. The number of amides is 1. The number of carbonyl (C=O) groups is 1. The monoisotopic (exact) mass is 434 g/mol.